The zero-order valence-corrected chi connectivity index (χ0v) is 15.2. The molecule has 1 aliphatic carbocycles. The van der Waals surface area contributed by atoms with Crippen molar-refractivity contribution in [1.29, 1.82) is 0 Å². The molecule has 1 aromatic carbocycles. The second-order valence-corrected chi connectivity index (χ2v) is 7.03. The van der Waals surface area contributed by atoms with Gasteiger partial charge in [-0.25, -0.2) is 4.98 Å². The first-order valence-corrected chi connectivity index (χ1v) is 8.73. The average molecular weight is 341 g/mol. The molecular weight excluding hydrogens is 314 g/mol. The minimum Gasteiger partial charge on any atom is -0.492 e. The minimum atomic E-state index is 0.286. The first kappa shape index (κ1) is 17.5. The quantitative estimate of drug-likeness (QED) is 0.838. The number of nitrogens with zero attached hydrogens (tertiary/aromatic N) is 3. The summed E-state index contributed by atoms with van der Waals surface area (Å²) in [5.41, 5.74) is 15.2. The van der Waals surface area contributed by atoms with Crippen LogP contribution in [0.5, 0.6) is 5.75 Å². The summed E-state index contributed by atoms with van der Waals surface area (Å²) >= 11 is 0. The molecule has 6 heteroatoms. The van der Waals surface area contributed by atoms with Crippen LogP contribution >= 0.6 is 0 Å². The van der Waals surface area contributed by atoms with Gasteiger partial charge in [-0.05, 0) is 49.9 Å². The third-order valence-electron chi connectivity index (χ3n) is 4.62. The van der Waals surface area contributed by atoms with E-state index in [0.717, 1.165) is 30.1 Å². The molecular formula is C19H27N5O. The molecule has 1 saturated carbocycles. The summed E-state index contributed by atoms with van der Waals surface area (Å²) in [6.45, 7) is 5.44. The molecule has 0 atom stereocenters. The molecule has 1 aromatic heterocycles. The number of anilines is 2. The molecule has 25 heavy (non-hydrogen) atoms. The molecule has 0 spiro atoms. The van der Waals surface area contributed by atoms with Gasteiger partial charge < -0.3 is 21.1 Å². The van der Waals surface area contributed by atoms with Gasteiger partial charge in [-0.1, -0.05) is 6.07 Å². The Morgan fingerprint density at radius 1 is 1.12 bits per heavy atom. The first-order chi connectivity index (χ1) is 11.9. The Kier molecular flexibility index (Phi) is 5.08. The van der Waals surface area contributed by atoms with Crippen LogP contribution in [0.15, 0.2) is 24.3 Å². The van der Waals surface area contributed by atoms with Gasteiger partial charge in [0, 0.05) is 25.1 Å². The van der Waals surface area contributed by atoms with E-state index in [9.17, 15) is 0 Å². The summed E-state index contributed by atoms with van der Waals surface area (Å²) in [5.74, 6) is 2.44. The number of rotatable bonds is 6. The molecule has 6 nitrogen and oxygen atoms in total. The highest BCUT2D eigenvalue weighted by Crippen LogP contribution is 2.35. The third kappa shape index (κ3) is 4.39. The van der Waals surface area contributed by atoms with Crippen molar-refractivity contribution in [2.24, 2.45) is 5.73 Å². The molecule has 0 bridgehead atoms. The predicted octanol–water partition coefficient (Wildman–Crippen LogP) is 2.40. The lowest BCUT2D eigenvalue weighted by Gasteiger charge is -2.32. The fraction of sp³-hybridized carbons (Fsp3) is 0.474. The summed E-state index contributed by atoms with van der Waals surface area (Å²) in [5, 5.41) is 0. The lowest BCUT2D eigenvalue weighted by molar-refractivity contribution is 0.325. The van der Waals surface area contributed by atoms with Crippen LogP contribution in [0.2, 0.25) is 0 Å². The van der Waals surface area contributed by atoms with Crippen LogP contribution < -0.4 is 21.1 Å². The highest BCUT2D eigenvalue weighted by atomic mass is 16.5. The fourth-order valence-electron chi connectivity index (χ4n) is 3.21. The van der Waals surface area contributed by atoms with Crippen molar-refractivity contribution in [1.82, 2.24) is 9.97 Å². The summed E-state index contributed by atoms with van der Waals surface area (Å²) in [6.07, 6.45) is 1.94. The van der Waals surface area contributed by atoms with Crippen LogP contribution in [0.1, 0.15) is 35.6 Å². The summed E-state index contributed by atoms with van der Waals surface area (Å²) in [4.78, 5) is 10.8. The van der Waals surface area contributed by atoms with Crippen LogP contribution in [0.3, 0.4) is 0 Å². The maximum atomic E-state index is 5.89. The van der Waals surface area contributed by atoms with Crippen molar-refractivity contribution >= 4 is 11.8 Å². The van der Waals surface area contributed by atoms with E-state index in [-0.39, 0.29) is 6.04 Å². The van der Waals surface area contributed by atoms with Crippen molar-refractivity contribution in [3.63, 3.8) is 0 Å². The number of aryl methyl sites for hydroxylation is 2. The second-order valence-electron chi connectivity index (χ2n) is 7.03. The average Bonchev–Trinajstić information content (AvgIpc) is 2.50. The molecule has 2 aromatic rings. The maximum absolute atomic E-state index is 5.89. The zero-order valence-electron chi connectivity index (χ0n) is 15.2. The van der Waals surface area contributed by atoms with Crippen LogP contribution in [0.25, 0.3) is 0 Å². The highest BCUT2D eigenvalue weighted by molar-refractivity contribution is 5.44. The number of benzene rings is 1. The molecule has 0 aliphatic heterocycles. The topological polar surface area (TPSA) is 90.3 Å². The normalized spacial score (nSPS) is 19.4. The van der Waals surface area contributed by atoms with Crippen LogP contribution in [-0.4, -0.2) is 36.2 Å². The van der Waals surface area contributed by atoms with Crippen LogP contribution in [0.4, 0.5) is 11.8 Å². The van der Waals surface area contributed by atoms with Crippen molar-refractivity contribution in [3.8, 4) is 5.75 Å². The molecule has 0 amide bonds. The SMILES string of the molecule is Cc1cc(C)cc(OCCN(C)c2cc(C3CC(N)C3)nc(N)n2)c1. The molecule has 1 aliphatic rings. The van der Waals surface area contributed by atoms with E-state index in [4.69, 9.17) is 16.2 Å². The number of nitrogens with two attached hydrogens (primary N) is 2. The molecule has 3 rings (SSSR count). The number of hydrogen-bond donors (Lipinski definition) is 2. The predicted molar refractivity (Wildman–Crippen MR) is 101 cm³/mol. The van der Waals surface area contributed by atoms with Gasteiger partial charge in [0.15, 0.2) is 0 Å². The molecule has 1 heterocycles. The van der Waals surface area contributed by atoms with Gasteiger partial charge >= 0.3 is 0 Å². The smallest absolute Gasteiger partial charge is 0.222 e. The maximum Gasteiger partial charge on any atom is 0.222 e. The number of likely N-dealkylation sites (N-methyl/N-ethyl adjacent to an activating group) is 1. The summed E-state index contributed by atoms with van der Waals surface area (Å²) < 4.78 is 5.88. The Hall–Kier alpha value is -2.34. The zero-order chi connectivity index (χ0) is 18.0. The van der Waals surface area contributed by atoms with E-state index in [1.54, 1.807) is 0 Å². The Bertz CT molecular complexity index is 722. The van der Waals surface area contributed by atoms with E-state index in [2.05, 4.69) is 29.9 Å². The lowest BCUT2D eigenvalue weighted by atomic mass is 9.78. The fourth-order valence-corrected chi connectivity index (χ4v) is 3.21. The standard InChI is InChI=1S/C19H27N5O/c1-12-6-13(2)8-16(7-12)25-5-4-24(3)18-11-17(22-19(21)23-18)14-9-15(20)10-14/h6-8,11,14-15H,4-5,9-10,20H2,1-3H3,(H2,21,22,23). The van der Waals surface area contributed by atoms with Crippen LogP contribution in [-0.2, 0) is 0 Å². The monoisotopic (exact) mass is 341 g/mol. The Morgan fingerprint density at radius 2 is 1.80 bits per heavy atom. The number of aromatic nitrogens is 2. The second kappa shape index (κ2) is 7.27. The van der Waals surface area contributed by atoms with E-state index in [1.165, 1.54) is 11.1 Å². The highest BCUT2D eigenvalue weighted by Gasteiger charge is 2.29. The molecule has 0 saturated heterocycles. The van der Waals surface area contributed by atoms with E-state index in [0.29, 0.717) is 25.0 Å². The van der Waals surface area contributed by atoms with Crippen molar-refractivity contribution in [3.05, 3.63) is 41.1 Å². The summed E-state index contributed by atoms with van der Waals surface area (Å²) in [7, 11) is 1.99. The first-order valence-electron chi connectivity index (χ1n) is 8.73. The number of ether oxygens (including phenoxy) is 1. The van der Waals surface area contributed by atoms with Crippen molar-refractivity contribution < 1.29 is 4.74 Å². The van der Waals surface area contributed by atoms with Gasteiger partial charge in [0.1, 0.15) is 18.2 Å². The summed E-state index contributed by atoms with van der Waals surface area (Å²) in [6, 6.07) is 8.54. The number of nitrogen functional groups attached to an aromatic ring is 1. The van der Waals surface area contributed by atoms with Crippen LogP contribution in [0, 0.1) is 13.8 Å². The van der Waals surface area contributed by atoms with E-state index < -0.39 is 0 Å². The van der Waals surface area contributed by atoms with Gasteiger partial charge in [-0.3, -0.25) is 0 Å². The minimum absolute atomic E-state index is 0.286. The molecule has 134 valence electrons. The van der Waals surface area contributed by atoms with Gasteiger partial charge in [0.2, 0.25) is 5.95 Å². The van der Waals surface area contributed by atoms with E-state index >= 15 is 0 Å². The van der Waals surface area contributed by atoms with Gasteiger partial charge in [-0.2, -0.15) is 4.98 Å². The lowest BCUT2D eigenvalue weighted by Crippen LogP contribution is -2.35. The Labute approximate surface area is 149 Å². The molecule has 1 fully saturated rings. The third-order valence-corrected chi connectivity index (χ3v) is 4.62. The van der Waals surface area contributed by atoms with Crippen molar-refractivity contribution in [2.75, 3.05) is 30.8 Å². The van der Waals surface area contributed by atoms with E-state index in [1.807, 2.05) is 30.1 Å². The van der Waals surface area contributed by atoms with Gasteiger partial charge in [0.25, 0.3) is 0 Å². The molecule has 4 N–H and O–H groups in total. The largest absolute Gasteiger partial charge is 0.492 e. The van der Waals surface area contributed by atoms with Crippen molar-refractivity contribution in [2.45, 2.75) is 38.6 Å². The number of hydrogen-bond acceptors (Lipinski definition) is 6. The Balaban J connectivity index is 1.60. The van der Waals surface area contributed by atoms with Gasteiger partial charge in [-0.15, -0.1) is 0 Å². The van der Waals surface area contributed by atoms with Gasteiger partial charge in [0.05, 0.1) is 12.2 Å². The molecule has 0 radical (unpaired) electrons. The molecule has 0 unspecified atom stereocenters. The Morgan fingerprint density at radius 3 is 2.44 bits per heavy atom.